The van der Waals surface area contributed by atoms with Crippen LogP contribution in [0.3, 0.4) is 0 Å². The van der Waals surface area contributed by atoms with Gasteiger partial charge in [-0.2, -0.15) is 5.26 Å². The number of anilines is 1. The Labute approximate surface area is 165 Å². The number of hydrogen-bond acceptors (Lipinski definition) is 5. The second-order valence-corrected chi connectivity index (χ2v) is 7.02. The van der Waals surface area contributed by atoms with Crippen molar-refractivity contribution >= 4 is 52.5 Å². The molecule has 134 valence electrons. The van der Waals surface area contributed by atoms with Gasteiger partial charge in [-0.1, -0.05) is 35.3 Å². The van der Waals surface area contributed by atoms with Gasteiger partial charge in [0, 0.05) is 15.7 Å². The zero-order valence-electron chi connectivity index (χ0n) is 13.5. The molecule has 0 aliphatic rings. The third-order valence-electron chi connectivity index (χ3n) is 3.14. The van der Waals surface area contributed by atoms with Crippen LogP contribution in [-0.4, -0.2) is 24.2 Å². The van der Waals surface area contributed by atoms with E-state index in [4.69, 9.17) is 33.2 Å². The Morgan fingerprint density at radius 3 is 2.69 bits per heavy atom. The molecule has 0 saturated heterocycles. The lowest BCUT2D eigenvalue weighted by molar-refractivity contribution is -0.146. The van der Waals surface area contributed by atoms with Crippen LogP contribution in [0.2, 0.25) is 10.0 Å². The lowest BCUT2D eigenvalue weighted by atomic mass is 10.2. The second kappa shape index (κ2) is 10.1. The van der Waals surface area contributed by atoms with Crippen molar-refractivity contribution in [3.05, 3.63) is 58.1 Å². The van der Waals surface area contributed by atoms with Gasteiger partial charge in [0.2, 0.25) is 0 Å². The first-order valence-electron chi connectivity index (χ1n) is 7.52. The zero-order valence-corrected chi connectivity index (χ0v) is 15.8. The molecule has 0 fully saturated rings. The third-order valence-corrected chi connectivity index (χ3v) is 4.89. The van der Waals surface area contributed by atoms with E-state index in [1.807, 2.05) is 24.3 Å². The zero-order chi connectivity index (χ0) is 18.9. The number of nitriles is 1. The van der Waals surface area contributed by atoms with Gasteiger partial charge in [-0.3, -0.25) is 9.59 Å². The molecule has 2 rings (SSSR count). The van der Waals surface area contributed by atoms with E-state index in [9.17, 15) is 9.59 Å². The van der Waals surface area contributed by atoms with Crippen molar-refractivity contribution in [2.24, 2.45) is 0 Å². The first-order chi connectivity index (χ1) is 12.5. The van der Waals surface area contributed by atoms with Crippen LogP contribution in [0.4, 0.5) is 5.69 Å². The molecule has 0 aromatic heterocycles. The summed E-state index contributed by atoms with van der Waals surface area (Å²) in [6.07, 6.45) is 0.143. The molecule has 2 aromatic rings. The fraction of sp³-hybridized carbons (Fsp3) is 0.167. The summed E-state index contributed by atoms with van der Waals surface area (Å²) in [5, 5.41) is 12.5. The minimum absolute atomic E-state index is 0.143. The van der Waals surface area contributed by atoms with Crippen molar-refractivity contribution < 1.29 is 14.3 Å². The number of thioether (sulfide) groups is 1. The Bertz CT molecular complexity index is 853. The van der Waals surface area contributed by atoms with Crippen LogP contribution in [0.1, 0.15) is 12.0 Å². The molecule has 0 radical (unpaired) electrons. The first kappa shape index (κ1) is 20.1. The summed E-state index contributed by atoms with van der Waals surface area (Å²) in [7, 11) is 0. The number of hydrogen-bond donors (Lipinski definition) is 1. The van der Waals surface area contributed by atoms with Crippen molar-refractivity contribution in [1.82, 2.24) is 0 Å². The summed E-state index contributed by atoms with van der Waals surface area (Å²) in [6, 6.07) is 13.8. The summed E-state index contributed by atoms with van der Waals surface area (Å²) in [5.41, 5.74) is 0.542. The molecule has 0 spiro atoms. The van der Waals surface area contributed by atoms with Crippen LogP contribution < -0.4 is 5.32 Å². The Morgan fingerprint density at radius 1 is 1.19 bits per heavy atom. The van der Waals surface area contributed by atoms with Crippen molar-refractivity contribution in [3.8, 4) is 6.07 Å². The number of ether oxygens (including phenoxy) is 1. The molecule has 0 aliphatic heterocycles. The number of benzene rings is 2. The van der Waals surface area contributed by atoms with Crippen LogP contribution in [0.5, 0.6) is 0 Å². The number of carbonyl (C=O) groups is 2. The van der Waals surface area contributed by atoms with E-state index in [0.29, 0.717) is 15.8 Å². The van der Waals surface area contributed by atoms with Crippen LogP contribution in [-0.2, 0) is 14.3 Å². The number of carbonyl (C=O) groups excluding carboxylic acids is 2. The van der Waals surface area contributed by atoms with Gasteiger partial charge in [-0.05, 0) is 30.3 Å². The topological polar surface area (TPSA) is 79.2 Å². The van der Waals surface area contributed by atoms with Crippen LogP contribution >= 0.6 is 35.0 Å². The smallest absolute Gasteiger partial charge is 0.307 e. The normalized spacial score (nSPS) is 10.0. The number of amides is 1. The maximum atomic E-state index is 11.9. The first-order valence-corrected chi connectivity index (χ1v) is 9.26. The summed E-state index contributed by atoms with van der Waals surface area (Å²) in [4.78, 5) is 24.5. The maximum Gasteiger partial charge on any atom is 0.307 e. The molecule has 0 heterocycles. The van der Waals surface area contributed by atoms with Gasteiger partial charge in [0.05, 0.1) is 22.7 Å². The highest BCUT2D eigenvalue weighted by atomic mass is 35.5. The molecular formula is C18H14Cl2N2O3S. The lowest BCUT2D eigenvalue weighted by Crippen LogP contribution is -2.21. The lowest BCUT2D eigenvalue weighted by Gasteiger charge is -2.08. The highest BCUT2D eigenvalue weighted by molar-refractivity contribution is 7.99. The van der Waals surface area contributed by atoms with E-state index in [2.05, 4.69) is 5.32 Å². The molecule has 1 N–H and O–H groups in total. The van der Waals surface area contributed by atoms with Gasteiger partial charge in [-0.25, -0.2) is 0 Å². The van der Waals surface area contributed by atoms with E-state index in [0.717, 1.165) is 4.90 Å². The summed E-state index contributed by atoms with van der Waals surface area (Å²) in [6.45, 7) is -0.438. The fourth-order valence-electron chi connectivity index (χ4n) is 1.93. The Hall–Kier alpha value is -2.20. The van der Waals surface area contributed by atoms with E-state index in [1.165, 1.54) is 23.9 Å². The summed E-state index contributed by atoms with van der Waals surface area (Å²) < 4.78 is 4.93. The fourth-order valence-corrected chi connectivity index (χ4v) is 3.27. The standard InChI is InChI=1S/C18H14Cl2N2O3S/c19-13-6-5-12(10-21)15(9-13)22-17(23)11-25-18(24)7-8-26-16-4-2-1-3-14(16)20/h1-6,9H,7-8,11H2,(H,22,23). The largest absolute Gasteiger partial charge is 0.456 e. The maximum absolute atomic E-state index is 11.9. The number of nitrogens with one attached hydrogen (secondary N) is 1. The molecule has 0 saturated carbocycles. The highest BCUT2D eigenvalue weighted by Crippen LogP contribution is 2.27. The predicted molar refractivity (Wildman–Crippen MR) is 103 cm³/mol. The Morgan fingerprint density at radius 2 is 1.96 bits per heavy atom. The van der Waals surface area contributed by atoms with Crippen molar-refractivity contribution in [2.75, 3.05) is 17.7 Å². The molecule has 8 heteroatoms. The van der Waals surface area contributed by atoms with E-state index in [-0.39, 0.29) is 17.7 Å². The molecule has 2 aromatic carbocycles. The SMILES string of the molecule is N#Cc1ccc(Cl)cc1NC(=O)COC(=O)CCSc1ccccc1Cl. The minimum Gasteiger partial charge on any atom is -0.456 e. The van der Waals surface area contributed by atoms with E-state index in [1.54, 1.807) is 12.1 Å². The van der Waals surface area contributed by atoms with Crippen LogP contribution in [0, 0.1) is 11.3 Å². The van der Waals surface area contributed by atoms with E-state index < -0.39 is 18.5 Å². The summed E-state index contributed by atoms with van der Waals surface area (Å²) in [5.74, 6) is -0.556. The van der Waals surface area contributed by atoms with Gasteiger partial charge >= 0.3 is 5.97 Å². The molecule has 5 nitrogen and oxygen atoms in total. The molecule has 0 atom stereocenters. The van der Waals surface area contributed by atoms with Crippen molar-refractivity contribution in [2.45, 2.75) is 11.3 Å². The molecule has 0 bridgehead atoms. The quantitative estimate of drug-likeness (QED) is 0.537. The monoisotopic (exact) mass is 408 g/mol. The van der Waals surface area contributed by atoms with Crippen molar-refractivity contribution in [3.63, 3.8) is 0 Å². The van der Waals surface area contributed by atoms with Gasteiger partial charge < -0.3 is 10.1 Å². The highest BCUT2D eigenvalue weighted by Gasteiger charge is 2.11. The number of nitrogens with zero attached hydrogens (tertiary/aromatic N) is 1. The predicted octanol–water partition coefficient (Wildman–Crippen LogP) is 4.53. The Balaban J connectivity index is 1.75. The van der Waals surface area contributed by atoms with Gasteiger partial charge in [-0.15, -0.1) is 11.8 Å². The molecular weight excluding hydrogens is 395 g/mol. The number of halogens is 2. The number of esters is 1. The van der Waals surface area contributed by atoms with Crippen LogP contribution in [0.15, 0.2) is 47.4 Å². The van der Waals surface area contributed by atoms with E-state index >= 15 is 0 Å². The second-order valence-electron chi connectivity index (χ2n) is 5.04. The van der Waals surface area contributed by atoms with Gasteiger partial charge in [0.1, 0.15) is 6.07 Å². The number of rotatable bonds is 7. The molecule has 0 unspecified atom stereocenters. The van der Waals surface area contributed by atoms with Gasteiger partial charge in [0.15, 0.2) is 6.61 Å². The molecule has 1 amide bonds. The van der Waals surface area contributed by atoms with Gasteiger partial charge in [0.25, 0.3) is 5.91 Å². The average molecular weight is 409 g/mol. The molecule has 0 aliphatic carbocycles. The summed E-state index contributed by atoms with van der Waals surface area (Å²) >= 11 is 13.3. The molecule has 26 heavy (non-hydrogen) atoms. The van der Waals surface area contributed by atoms with Crippen LogP contribution in [0.25, 0.3) is 0 Å². The van der Waals surface area contributed by atoms with Crippen molar-refractivity contribution in [1.29, 1.82) is 5.26 Å². The third kappa shape index (κ3) is 6.26. The Kier molecular flexibility index (Phi) is 7.79. The average Bonchev–Trinajstić information content (AvgIpc) is 2.62. The minimum atomic E-state index is -0.545.